The molecule has 0 bridgehead atoms. The van der Waals surface area contributed by atoms with E-state index in [0.29, 0.717) is 13.2 Å². The van der Waals surface area contributed by atoms with Gasteiger partial charge in [0, 0.05) is 13.2 Å². The van der Waals surface area contributed by atoms with Crippen molar-refractivity contribution in [1.82, 2.24) is 0 Å². The summed E-state index contributed by atoms with van der Waals surface area (Å²) < 4.78 is 47.9. The van der Waals surface area contributed by atoms with E-state index in [1.807, 2.05) is 40.0 Å². The van der Waals surface area contributed by atoms with Crippen LogP contribution < -0.4 is 0 Å². The summed E-state index contributed by atoms with van der Waals surface area (Å²) in [5, 5.41) is 0. The van der Waals surface area contributed by atoms with Crippen molar-refractivity contribution in [3.05, 3.63) is 12.3 Å². The van der Waals surface area contributed by atoms with Crippen LogP contribution in [0.15, 0.2) is 12.3 Å². The van der Waals surface area contributed by atoms with Gasteiger partial charge in [0.05, 0.1) is 0 Å². The van der Waals surface area contributed by atoms with Crippen LogP contribution in [0.25, 0.3) is 0 Å². The molecule has 0 rings (SSSR count). The molecular weight excluding hydrogens is 493 g/mol. The quantitative estimate of drug-likeness (QED) is 0.210. The molecule has 0 fully saturated rings. The zero-order valence-corrected chi connectivity index (χ0v) is 26.5. The molecule has 0 aromatic heterocycles. The number of rotatable bonds is 17. The van der Waals surface area contributed by atoms with Gasteiger partial charge in [0.25, 0.3) is 0 Å². The molecular formula is C14H37O8Si7. The van der Waals surface area contributed by atoms with Crippen LogP contribution in [0.5, 0.6) is 0 Å². The highest BCUT2D eigenvalue weighted by molar-refractivity contribution is 6.89. The highest BCUT2D eigenvalue weighted by Gasteiger charge is 2.49. The summed E-state index contributed by atoms with van der Waals surface area (Å²) in [4.78, 5) is 0. The van der Waals surface area contributed by atoms with Crippen molar-refractivity contribution in [2.24, 2.45) is 0 Å². The fraction of sp³-hybridized carbons (Fsp3) is 0.857. The molecule has 29 heavy (non-hydrogen) atoms. The minimum Gasteiger partial charge on any atom is -0.437 e. The monoisotopic (exact) mass is 529 g/mol. The molecule has 0 aliphatic heterocycles. The third kappa shape index (κ3) is 13.9. The van der Waals surface area contributed by atoms with Crippen LogP contribution in [-0.2, 0) is 33.5 Å². The maximum atomic E-state index is 6.46. The van der Waals surface area contributed by atoms with E-state index in [9.17, 15) is 0 Å². The van der Waals surface area contributed by atoms with Crippen molar-refractivity contribution in [3.63, 3.8) is 0 Å². The molecule has 0 spiro atoms. The molecule has 0 saturated carbocycles. The third-order valence-electron chi connectivity index (χ3n) is 2.85. The second-order valence-corrected chi connectivity index (χ2v) is 25.2. The molecule has 0 saturated heterocycles. The highest BCUT2D eigenvalue weighted by Crippen LogP contribution is 2.25. The van der Waals surface area contributed by atoms with Crippen LogP contribution in [0, 0.1) is 0 Å². The van der Waals surface area contributed by atoms with Gasteiger partial charge in [-0.1, -0.05) is 0 Å². The lowest BCUT2D eigenvalue weighted by Crippen LogP contribution is -2.60. The van der Waals surface area contributed by atoms with E-state index < -0.39 is 43.5 Å². The van der Waals surface area contributed by atoms with E-state index in [2.05, 4.69) is 32.8 Å². The van der Waals surface area contributed by atoms with Crippen LogP contribution in [0.3, 0.4) is 0 Å². The Balaban J connectivity index is 5.28. The summed E-state index contributed by atoms with van der Waals surface area (Å²) in [7, 11) is -12.0. The lowest BCUT2D eigenvalue weighted by atomic mass is 10.9. The van der Waals surface area contributed by atoms with E-state index in [1.165, 1.54) is 0 Å². The van der Waals surface area contributed by atoms with E-state index in [4.69, 9.17) is 33.5 Å². The van der Waals surface area contributed by atoms with Gasteiger partial charge in [-0.25, -0.2) is 0 Å². The highest BCUT2D eigenvalue weighted by atomic mass is 28.5. The molecule has 0 unspecified atom stereocenters. The Hall–Kier alpha value is 0.938. The minimum absolute atomic E-state index is 0.209. The largest absolute Gasteiger partial charge is 0.501 e. The van der Waals surface area contributed by atoms with Gasteiger partial charge in [0.2, 0.25) is 0 Å². The molecule has 0 aromatic rings. The summed E-state index contributed by atoms with van der Waals surface area (Å²) in [5.41, 5.74) is 1.60. The molecule has 0 amide bonds. The fourth-order valence-electron chi connectivity index (χ4n) is 2.56. The van der Waals surface area contributed by atoms with E-state index in [0.717, 1.165) is 0 Å². The first-order valence-electron chi connectivity index (χ1n) is 9.55. The summed E-state index contributed by atoms with van der Waals surface area (Å²) in [5.74, 6) is 0. The average Bonchev–Trinajstić information content (AvgIpc) is 2.50. The van der Waals surface area contributed by atoms with Gasteiger partial charge in [-0.05, 0) is 71.9 Å². The molecule has 0 heterocycles. The Morgan fingerprint density at radius 2 is 1.17 bits per heavy atom. The lowest BCUT2D eigenvalue weighted by molar-refractivity contribution is 0.196. The summed E-state index contributed by atoms with van der Waals surface area (Å²) in [6.07, 6.45) is 0. The minimum atomic E-state index is -3.24. The molecule has 0 aliphatic rings. The van der Waals surface area contributed by atoms with Gasteiger partial charge >= 0.3 is 54.5 Å². The van der Waals surface area contributed by atoms with Crippen LogP contribution in [0.4, 0.5) is 0 Å². The first-order chi connectivity index (χ1) is 13.2. The average molecular weight is 530 g/mol. The van der Waals surface area contributed by atoms with Crippen molar-refractivity contribution in [1.29, 1.82) is 0 Å². The van der Waals surface area contributed by atoms with E-state index >= 15 is 0 Å². The molecule has 15 heteroatoms. The Morgan fingerprint density at radius 3 is 1.55 bits per heavy atom. The molecule has 169 valence electrons. The van der Waals surface area contributed by atoms with Crippen molar-refractivity contribution < 1.29 is 33.5 Å². The SMILES string of the molecule is C=C[Si](O[Si]OCC)(O[Si]OCC)O[Si](C)(C)O[Si](C)(C)O[Si](C)(C)O[Si](C)C. The van der Waals surface area contributed by atoms with Gasteiger partial charge in [-0.15, -0.1) is 6.58 Å². The predicted octanol–water partition coefficient (Wildman–Crippen LogP) is 3.25. The Morgan fingerprint density at radius 1 is 0.759 bits per heavy atom. The van der Waals surface area contributed by atoms with Gasteiger partial charge in [0.15, 0.2) is 9.04 Å². The van der Waals surface area contributed by atoms with E-state index in [-0.39, 0.29) is 20.0 Å². The topological polar surface area (TPSA) is 73.8 Å². The van der Waals surface area contributed by atoms with Crippen molar-refractivity contribution in [2.45, 2.75) is 66.2 Å². The smallest absolute Gasteiger partial charge is 0.437 e. The predicted molar refractivity (Wildman–Crippen MR) is 127 cm³/mol. The van der Waals surface area contributed by atoms with Gasteiger partial charge in [-0.3, -0.25) is 0 Å². The second kappa shape index (κ2) is 13.5. The Bertz CT molecular complexity index is 469. The number of hydrogen-bond donors (Lipinski definition) is 0. The normalized spacial score (nSPS) is 13.9. The first-order valence-corrected chi connectivity index (χ1v) is 23.8. The zero-order valence-electron chi connectivity index (χ0n) is 19.5. The van der Waals surface area contributed by atoms with Gasteiger partial charge in [-0.2, -0.15) is 0 Å². The maximum Gasteiger partial charge on any atom is 0.501 e. The molecule has 0 atom stereocenters. The molecule has 0 aromatic carbocycles. The lowest BCUT2D eigenvalue weighted by Gasteiger charge is -2.40. The van der Waals surface area contributed by atoms with Crippen LogP contribution in [0.2, 0.25) is 52.4 Å². The first kappa shape index (κ1) is 29.9. The Kier molecular flexibility index (Phi) is 13.9. The second-order valence-electron chi connectivity index (χ2n) is 7.56. The maximum absolute atomic E-state index is 6.46. The Labute approximate surface area is 188 Å². The van der Waals surface area contributed by atoms with Gasteiger partial charge in [0.1, 0.15) is 0 Å². The van der Waals surface area contributed by atoms with Crippen molar-refractivity contribution in [2.75, 3.05) is 13.2 Å². The van der Waals surface area contributed by atoms with Crippen molar-refractivity contribution >= 4 is 63.5 Å². The van der Waals surface area contributed by atoms with Crippen LogP contribution in [-0.4, -0.2) is 76.8 Å². The standard InChI is InChI=1S/C14H37O8Si7/c1-12-15-23-17-29(14-3,18-24-16-13-2)22-28(10,11)21-27(8,9)20-26(6,7)19-25(4)5/h14H,3,12-13H2,1-2,4-11H3. The number of hydrogen-bond acceptors (Lipinski definition) is 8. The fourth-order valence-corrected chi connectivity index (χ4v) is 24.6. The molecule has 8 nitrogen and oxygen atoms in total. The van der Waals surface area contributed by atoms with E-state index in [1.54, 1.807) is 5.70 Å². The van der Waals surface area contributed by atoms with Crippen LogP contribution >= 0.6 is 0 Å². The molecule has 5 radical (unpaired) electrons. The third-order valence-corrected chi connectivity index (χ3v) is 21.7. The van der Waals surface area contributed by atoms with Crippen LogP contribution in [0.1, 0.15) is 13.8 Å². The summed E-state index contributed by atoms with van der Waals surface area (Å²) >= 11 is 0. The molecule has 0 aliphatic carbocycles. The summed E-state index contributed by atoms with van der Waals surface area (Å²) in [6.45, 7) is 25.0. The van der Waals surface area contributed by atoms with Crippen molar-refractivity contribution in [3.8, 4) is 0 Å². The molecule has 0 N–H and O–H groups in total. The summed E-state index contributed by atoms with van der Waals surface area (Å²) in [6, 6.07) is 0. The zero-order chi connectivity index (χ0) is 22.8. The van der Waals surface area contributed by atoms with Gasteiger partial charge < -0.3 is 33.5 Å².